The minimum Gasteiger partial charge on any atom is -0.322 e. The molecule has 1 aliphatic rings. The molecule has 2 aromatic heterocycles. The van der Waals surface area contributed by atoms with Gasteiger partial charge in [0.1, 0.15) is 5.82 Å². The third kappa shape index (κ3) is 3.69. The highest BCUT2D eigenvalue weighted by atomic mass is 32.2. The van der Waals surface area contributed by atoms with Crippen LogP contribution in [0.5, 0.6) is 0 Å². The fourth-order valence-electron chi connectivity index (χ4n) is 3.30. The lowest BCUT2D eigenvalue weighted by Gasteiger charge is -2.08. The van der Waals surface area contributed by atoms with Crippen molar-refractivity contribution in [3.8, 4) is 5.69 Å². The van der Waals surface area contributed by atoms with E-state index in [4.69, 9.17) is 0 Å². The van der Waals surface area contributed by atoms with Crippen molar-refractivity contribution in [3.05, 3.63) is 47.5 Å². The van der Waals surface area contributed by atoms with Gasteiger partial charge in [0.05, 0.1) is 28.5 Å². The van der Waals surface area contributed by atoms with E-state index in [-0.39, 0.29) is 11.7 Å². The van der Waals surface area contributed by atoms with E-state index in [2.05, 4.69) is 32.1 Å². The van der Waals surface area contributed by atoms with Crippen LogP contribution in [0.1, 0.15) is 42.9 Å². The normalized spacial score (nSPS) is 13.7. The number of hydrogen-bond donors (Lipinski definition) is 1. The summed E-state index contributed by atoms with van der Waals surface area (Å²) in [5.41, 5.74) is 3.45. The van der Waals surface area contributed by atoms with E-state index in [1.807, 2.05) is 48.9 Å². The summed E-state index contributed by atoms with van der Waals surface area (Å²) < 4.78 is 3.98. The summed E-state index contributed by atoms with van der Waals surface area (Å²) in [4.78, 5) is 12.6. The lowest BCUT2D eigenvalue weighted by Crippen LogP contribution is -2.16. The van der Waals surface area contributed by atoms with Crippen molar-refractivity contribution in [3.63, 3.8) is 0 Å². The molecule has 1 aliphatic carbocycles. The Kier molecular flexibility index (Phi) is 5.21. The number of carbonyl (C=O) groups is 1. The monoisotopic (exact) mass is 396 g/mol. The molecule has 8 heteroatoms. The summed E-state index contributed by atoms with van der Waals surface area (Å²) in [6, 6.07) is 9.91. The Hall–Kier alpha value is -2.61. The largest absolute Gasteiger partial charge is 0.322 e. The predicted octanol–water partition coefficient (Wildman–Crippen LogP) is 3.71. The van der Waals surface area contributed by atoms with Crippen molar-refractivity contribution < 1.29 is 4.79 Å². The molecule has 0 saturated heterocycles. The lowest BCUT2D eigenvalue weighted by molar-refractivity contribution is -0.113. The second-order valence-corrected chi connectivity index (χ2v) is 7.93. The standard InChI is InChI=1S/C20H24N6OS/c1-4-25-19(15-10-11-15)22-23-20(25)28-12-17(27)21-18-13(2)24-26(14(18)3)16-8-6-5-7-9-16/h5-9,15H,4,10-12H2,1-3H3,(H,21,27). The summed E-state index contributed by atoms with van der Waals surface area (Å²) in [7, 11) is 0. The molecule has 0 bridgehead atoms. The molecule has 28 heavy (non-hydrogen) atoms. The maximum atomic E-state index is 12.6. The number of aromatic nitrogens is 5. The van der Waals surface area contributed by atoms with Crippen LogP contribution in [0.15, 0.2) is 35.5 Å². The van der Waals surface area contributed by atoms with Gasteiger partial charge in [-0.2, -0.15) is 5.10 Å². The van der Waals surface area contributed by atoms with Crippen LogP contribution < -0.4 is 5.32 Å². The summed E-state index contributed by atoms with van der Waals surface area (Å²) in [6.45, 7) is 6.78. The molecule has 0 aliphatic heterocycles. The molecule has 0 unspecified atom stereocenters. The number of para-hydroxylation sites is 1. The molecule has 146 valence electrons. The van der Waals surface area contributed by atoms with Crippen LogP contribution in [0.2, 0.25) is 0 Å². The van der Waals surface area contributed by atoms with Gasteiger partial charge in [-0.3, -0.25) is 4.79 Å². The fraction of sp³-hybridized carbons (Fsp3) is 0.400. The zero-order valence-corrected chi connectivity index (χ0v) is 17.2. The van der Waals surface area contributed by atoms with E-state index in [1.54, 1.807) is 0 Å². The van der Waals surface area contributed by atoms with E-state index >= 15 is 0 Å². The van der Waals surface area contributed by atoms with Gasteiger partial charge >= 0.3 is 0 Å². The first-order valence-corrected chi connectivity index (χ1v) is 10.5. The number of aryl methyl sites for hydroxylation is 1. The van der Waals surface area contributed by atoms with Crippen LogP contribution in [0, 0.1) is 13.8 Å². The maximum absolute atomic E-state index is 12.6. The van der Waals surface area contributed by atoms with Gasteiger partial charge in [-0.15, -0.1) is 10.2 Å². The molecule has 7 nitrogen and oxygen atoms in total. The van der Waals surface area contributed by atoms with Crippen LogP contribution in [-0.4, -0.2) is 36.2 Å². The first-order valence-electron chi connectivity index (χ1n) is 9.55. The van der Waals surface area contributed by atoms with Gasteiger partial charge in [-0.25, -0.2) is 4.68 Å². The van der Waals surface area contributed by atoms with E-state index in [9.17, 15) is 4.79 Å². The molecule has 0 radical (unpaired) electrons. The maximum Gasteiger partial charge on any atom is 0.234 e. The average molecular weight is 397 g/mol. The van der Waals surface area contributed by atoms with Crippen molar-refractivity contribution in [1.29, 1.82) is 0 Å². The molecule has 0 spiro atoms. The fourth-order valence-corrected chi connectivity index (χ4v) is 4.11. The second-order valence-electron chi connectivity index (χ2n) is 6.99. The van der Waals surface area contributed by atoms with Crippen LogP contribution in [0.3, 0.4) is 0 Å². The number of carbonyl (C=O) groups excluding carboxylic acids is 1. The van der Waals surface area contributed by atoms with Crippen LogP contribution >= 0.6 is 11.8 Å². The van der Waals surface area contributed by atoms with Gasteiger partial charge in [0.25, 0.3) is 0 Å². The Morgan fingerprint density at radius 3 is 2.64 bits per heavy atom. The number of hydrogen-bond acceptors (Lipinski definition) is 5. The third-order valence-electron chi connectivity index (χ3n) is 4.89. The molecule has 2 heterocycles. The SMILES string of the molecule is CCn1c(SCC(=O)Nc2c(C)nn(-c3ccccc3)c2C)nnc1C1CC1. The van der Waals surface area contributed by atoms with Gasteiger partial charge in [0.15, 0.2) is 5.16 Å². The predicted molar refractivity (Wildman–Crippen MR) is 110 cm³/mol. The van der Waals surface area contributed by atoms with E-state index < -0.39 is 0 Å². The third-order valence-corrected chi connectivity index (χ3v) is 5.86. The summed E-state index contributed by atoms with van der Waals surface area (Å²) in [6.07, 6.45) is 2.38. The summed E-state index contributed by atoms with van der Waals surface area (Å²) in [5.74, 6) is 1.83. The Labute approximate surface area is 168 Å². The smallest absolute Gasteiger partial charge is 0.234 e. The van der Waals surface area contributed by atoms with Gasteiger partial charge in [0.2, 0.25) is 5.91 Å². The first-order chi connectivity index (χ1) is 13.6. The highest BCUT2D eigenvalue weighted by Crippen LogP contribution is 2.40. The molecule has 1 saturated carbocycles. The van der Waals surface area contributed by atoms with Gasteiger partial charge in [0, 0.05) is 12.5 Å². The Morgan fingerprint density at radius 1 is 1.21 bits per heavy atom. The highest BCUT2D eigenvalue weighted by Gasteiger charge is 2.30. The number of anilines is 1. The zero-order chi connectivity index (χ0) is 19.7. The molecule has 1 aromatic carbocycles. The van der Waals surface area contributed by atoms with Gasteiger partial charge < -0.3 is 9.88 Å². The molecule has 0 atom stereocenters. The molecule has 1 amide bonds. The van der Waals surface area contributed by atoms with E-state index in [0.29, 0.717) is 5.92 Å². The summed E-state index contributed by atoms with van der Waals surface area (Å²) in [5, 5.41) is 17.0. The average Bonchev–Trinajstić information content (AvgIpc) is 3.41. The lowest BCUT2D eigenvalue weighted by atomic mass is 10.3. The molecular formula is C20H24N6OS. The Bertz CT molecular complexity index is 990. The molecule has 3 aromatic rings. The Balaban J connectivity index is 1.44. The van der Waals surface area contributed by atoms with Crippen molar-refractivity contribution in [2.75, 3.05) is 11.1 Å². The van der Waals surface area contributed by atoms with Crippen LogP contribution in [0.25, 0.3) is 5.69 Å². The number of nitrogens with one attached hydrogen (secondary N) is 1. The number of nitrogens with zero attached hydrogens (tertiary/aromatic N) is 5. The van der Waals surface area contributed by atoms with Crippen molar-refractivity contribution in [1.82, 2.24) is 24.5 Å². The summed E-state index contributed by atoms with van der Waals surface area (Å²) >= 11 is 1.43. The zero-order valence-electron chi connectivity index (χ0n) is 16.3. The minimum absolute atomic E-state index is 0.0672. The molecule has 1 N–H and O–H groups in total. The van der Waals surface area contributed by atoms with E-state index in [1.165, 1.54) is 24.6 Å². The molecule has 1 fully saturated rings. The molecule has 4 rings (SSSR count). The number of amides is 1. The van der Waals surface area contributed by atoms with Gasteiger partial charge in [-0.05, 0) is 45.7 Å². The minimum atomic E-state index is -0.0672. The van der Waals surface area contributed by atoms with Crippen molar-refractivity contribution in [2.45, 2.75) is 51.2 Å². The van der Waals surface area contributed by atoms with Gasteiger partial charge in [-0.1, -0.05) is 30.0 Å². The van der Waals surface area contributed by atoms with Crippen LogP contribution in [-0.2, 0) is 11.3 Å². The number of benzene rings is 1. The van der Waals surface area contributed by atoms with Crippen LogP contribution in [0.4, 0.5) is 5.69 Å². The van der Waals surface area contributed by atoms with Crippen molar-refractivity contribution in [2.24, 2.45) is 0 Å². The topological polar surface area (TPSA) is 77.6 Å². The Morgan fingerprint density at radius 2 is 1.96 bits per heavy atom. The highest BCUT2D eigenvalue weighted by molar-refractivity contribution is 7.99. The second kappa shape index (κ2) is 7.79. The van der Waals surface area contributed by atoms with Crippen molar-refractivity contribution >= 4 is 23.4 Å². The quantitative estimate of drug-likeness (QED) is 0.616. The number of rotatable bonds is 7. The number of thioether (sulfide) groups is 1. The first kappa shape index (κ1) is 18.7. The molecular weight excluding hydrogens is 372 g/mol. The van der Waals surface area contributed by atoms with E-state index in [0.717, 1.165) is 40.3 Å².